The van der Waals surface area contributed by atoms with Gasteiger partial charge in [-0.05, 0) is 36.8 Å². The van der Waals surface area contributed by atoms with Gasteiger partial charge in [0.15, 0.2) is 0 Å². The van der Waals surface area contributed by atoms with Crippen LogP contribution >= 0.6 is 11.6 Å². The van der Waals surface area contributed by atoms with Crippen LogP contribution in [0.2, 0.25) is 5.15 Å². The van der Waals surface area contributed by atoms with Gasteiger partial charge in [0, 0.05) is 0 Å². The number of rotatable bonds is 3. The van der Waals surface area contributed by atoms with Gasteiger partial charge in [0.25, 0.3) is 10.0 Å². The van der Waals surface area contributed by atoms with E-state index in [9.17, 15) is 8.42 Å². The lowest BCUT2D eigenvalue weighted by molar-refractivity contribution is 0.601. The van der Waals surface area contributed by atoms with E-state index in [1.54, 1.807) is 30.3 Å². The van der Waals surface area contributed by atoms with E-state index < -0.39 is 10.0 Å². The quantitative estimate of drug-likeness (QED) is 0.881. The van der Waals surface area contributed by atoms with Crippen LogP contribution in [0, 0.1) is 6.92 Å². The van der Waals surface area contributed by atoms with Crippen LogP contribution in [0.4, 0.5) is 5.82 Å². The summed E-state index contributed by atoms with van der Waals surface area (Å²) in [4.78, 5) is 4.08. The Bertz CT molecular complexity index is 671. The molecule has 1 heterocycles. The average molecular weight is 283 g/mol. The van der Waals surface area contributed by atoms with Crippen molar-refractivity contribution in [2.24, 2.45) is 0 Å². The number of nitrogens with zero attached hydrogens (tertiary/aromatic N) is 1. The van der Waals surface area contributed by atoms with Gasteiger partial charge in [0.05, 0.1) is 4.90 Å². The summed E-state index contributed by atoms with van der Waals surface area (Å²) >= 11 is 5.70. The van der Waals surface area contributed by atoms with Crippen molar-refractivity contribution >= 4 is 27.4 Å². The van der Waals surface area contributed by atoms with Crippen molar-refractivity contribution in [3.05, 3.63) is 53.2 Å². The average Bonchev–Trinajstić information content (AvgIpc) is 2.28. The summed E-state index contributed by atoms with van der Waals surface area (Å²) in [6, 6.07) is 11.4. The SMILES string of the molecule is Cc1cccc(S(=O)(=O)Nc2cccc(Cl)n2)c1. The second kappa shape index (κ2) is 4.96. The van der Waals surface area contributed by atoms with Crippen molar-refractivity contribution in [1.82, 2.24) is 4.98 Å². The van der Waals surface area contributed by atoms with Crippen molar-refractivity contribution in [2.45, 2.75) is 11.8 Å². The summed E-state index contributed by atoms with van der Waals surface area (Å²) in [5.41, 5.74) is 0.872. The second-order valence-electron chi connectivity index (χ2n) is 3.77. The number of aryl methyl sites for hydroxylation is 1. The van der Waals surface area contributed by atoms with Crippen molar-refractivity contribution in [3.8, 4) is 0 Å². The number of benzene rings is 1. The monoisotopic (exact) mass is 282 g/mol. The number of nitrogens with one attached hydrogen (secondary N) is 1. The van der Waals surface area contributed by atoms with Crippen LogP contribution in [0.3, 0.4) is 0 Å². The number of anilines is 1. The Morgan fingerprint density at radius 3 is 2.56 bits per heavy atom. The summed E-state index contributed by atoms with van der Waals surface area (Å²) in [7, 11) is -3.62. The molecule has 0 aliphatic carbocycles. The third-order valence-corrected chi connectivity index (χ3v) is 3.82. The summed E-state index contributed by atoms with van der Waals surface area (Å²) in [6.07, 6.45) is 0. The molecule has 0 unspecified atom stereocenters. The Morgan fingerprint density at radius 2 is 1.89 bits per heavy atom. The molecule has 0 amide bonds. The van der Waals surface area contributed by atoms with E-state index in [1.807, 2.05) is 13.0 Å². The van der Waals surface area contributed by atoms with Gasteiger partial charge in [-0.15, -0.1) is 0 Å². The van der Waals surface area contributed by atoms with E-state index in [4.69, 9.17) is 11.6 Å². The Kier molecular flexibility index (Phi) is 3.54. The molecule has 18 heavy (non-hydrogen) atoms. The molecule has 0 spiro atoms. The van der Waals surface area contributed by atoms with Crippen molar-refractivity contribution in [1.29, 1.82) is 0 Å². The number of hydrogen-bond donors (Lipinski definition) is 1. The maximum atomic E-state index is 12.1. The minimum Gasteiger partial charge on any atom is -0.263 e. The zero-order chi connectivity index (χ0) is 13.2. The summed E-state index contributed by atoms with van der Waals surface area (Å²) in [5.74, 6) is 0.198. The predicted octanol–water partition coefficient (Wildman–Crippen LogP) is 2.84. The molecule has 4 nitrogen and oxygen atoms in total. The van der Waals surface area contributed by atoms with Crippen LogP contribution in [-0.2, 0) is 10.0 Å². The summed E-state index contributed by atoms with van der Waals surface area (Å²) in [5, 5.41) is 0.236. The van der Waals surface area contributed by atoms with Crippen molar-refractivity contribution < 1.29 is 8.42 Å². The molecule has 6 heteroatoms. The Morgan fingerprint density at radius 1 is 1.17 bits per heavy atom. The summed E-state index contributed by atoms with van der Waals surface area (Å²) in [6.45, 7) is 1.83. The molecule has 1 aromatic heterocycles. The van der Waals surface area contributed by atoms with Gasteiger partial charge < -0.3 is 0 Å². The molecule has 0 saturated carbocycles. The van der Waals surface area contributed by atoms with Gasteiger partial charge in [-0.25, -0.2) is 13.4 Å². The normalized spacial score (nSPS) is 11.2. The number of halogens is 1. The van der Waals surface area contributed by atoms with E-state index in [0.717, 1.165) is 5.56 Å². The van der Waals surface area contributed by atoms with Crippen LogP contribution < -0.4 is 4.72 Å². The highest BCUT2D eigenvalue weighted by Gasteiger charge is 2.14. The molecule has 0 aliphatic heterocycles. The molecule has 1 aromatic carbocycles. The van der Waals surface area contributed by atoms with Gasteiger partial charge in [-0.3, -0.25) is 4.72 Å². The highest BCUT2D eigenvalue weighted by molar-refractivity contribution is 7.92. The second-order valence-corrected chi connectivity index (χ2v) is 5.84. The molecule has 0 atom stereocenters. The number of hydrogen-bond acceptors (Lipinski definition) is 3. The van der Waals surface area contributed by atoms with E-state index in [1.165, 1.54) is 6.07 Å². The zero-order valence-corrected chi connectivity index (χ0v) is 11.2. The van der Waals surface area contributed by atoms with Gasteiger partial charge >= 0.3 is 0 Å². The third-order valence-electron chi connectivity index (χ3n) is 2.25. The molecule has 0 aliphatic rings. The Hall–Kier alpha value is -1.59. The fraction of sp³-hybridized carbons (Fsp3) is 0.0833. The first-order valence-corrected chi connectivity index (χ1v) is 7.05. The lowest BCUT2D eigenvalue weighted by atomic mass is 10.2. The molecule has 0 fully saturated rings. The molecule has 1 N–H and O–H groups in total. The Labute approximate surface area is 111 Å². The minimum atomic E-state index is -3.62. The molecule has 94 valence electrons. The maximum absolute atomic E-state index is 12.1. The fourth-order valence-corrected chi connectivity index (χ4v) is 2.71. The fourth-order valence-electron chi connectivity index (χ4n) is 1.44. The lowest BCUT2D eigenvalue weighted by Crippen LogP contribution is -2.13. The zero-order valence-electron chi connectivity index (χ0n) is 9.59. The van der Waals surface area contributed by atoms with Crippen molar-refractivity contribution in [3.63, 3.8) is 0 Å². The first-order chi connectivity index (χ1) is 8.47. The number of aromatic nitrogens is 1. The van der Waals surface area contributed by atoms with Gasteiger partial charge in [0.1, 0.15) is 11.0 Å². The van der Waals surface area contributed by atoms with Crippen LogP contribution in [0.15, 0.2) is 47.4 Å². The van der Waals surface area contributed by atoms with Crippen LogP contribution in [0.1, 0.15) is 5.56 Å². The molecule has 0 radical (unpaired) electrons. The first-order valence-electron chi connectivity index (χ1n) is 5.19. The Balaban J connectivity index is 2.33. The third kappa shape index (κ3) is 3.00. The van der Waals surface area contributed by atoms with E-state index in [0.29, 0.717) is 0 Å². The van der Waals surface area contributed by atoms with Gasteiger partial charge in [-0.1, -0.05) is 29.8 Å². The van der Waals surface area contributed by atoms with Crippen LogP contribution in [-0.4, -0.2) is 13.4 Å². The molecule has 2 aromatic rings. The molecular formula is C12H11ClN2O2S. The molecule has 2 rings (SSSR count). The highest BCUT2D eigenvalue weighted by atomic mass is 35.5. The highest BCUT2D eigenvalue weighted by Crippen LogP contribution is 2.16. The standard InChI is InChI=1S/C12H11ClN2O2S/c1-9-4-2-5-10(8-9)18(16,17)15-12-7-3-6-11(13)14-12/h2-8H,1H3,(H,14,15). The van der Waals surface area contributed by atoms with Crippen molar-refractivity contribution in [2.75, 3.05) is 4.72 Å². The summed E-state index contributed by atoms with van der Waals surface area (Å²) < 4.78 is 26.5. The van der Waals surface area contributed by atoms with Crippen LogP contribution in [0.5, 0.6) is 0 Å². The van der Waals surface area contributed by atoms with Gasteiger partial charge in [0.2, 0.25) is 0 Å². The largest absolute Gasteiger partial charge is 0.263 e. The smallest absolute Gasteiger partial charge is 0.263 e. The van der Waals surface area contributed by atoms with E-state index >= 15 is 0 Å². The first kappa shape index (κ1) is 12.9. The van der Waals surface area contributed by atoms with E-state index in [2.05, 4.69) is 9.71 Å². The molecule has 0 saturated heterocycles. The maximum Gasteiger partial charge on any atom is 0.263 e. The van der Waals surface area contributed by atoms with Gasteiger partial charge in [-0.2, -0.15) is 0 Å². The molecule has 0 bridgehead atoms. The lowest BCUT2D eigenvalue weighted by Gasteiger charge is -2.07. The number of pyridine rings is 1. The topological polar surface area (TPSA) is 59.1 Å². The van der Waals surface area contributed by atoms with E-state index in [-0.39, 0.29) is 15.9 Å². The van der Waals surface area contributed by atoms with Crippen LogP contribution in [0.25, 0.3) is 0 Å². The minimum absolute atomic E-state index is 0.198. The predicted molar refractivity (Wildman–Crippen MR) is 71.2 cm³/mol. The number of sulfonamides is 1. The molecular weight excluding hydrogens is 272 g/mol.